The smallest absolute Gasteiger partial charge is 0.308 e. The van der Waals surface area contributed by atoms with E-state index in [-0.39, 0.29) is 11.9 Å². The normalized spacial score (nSPS) is 11.0. The van der Waals surface area contributed by atoms with Crippen LogP contribution in [0.15, 0.2) is 30.5 Å². The average Bonchev–Trinajstić information content (AvgIpc) is 2.75. The first-order chi connectivity index (χ1) is 8.16. The van der Waals surface area contributed by atoms with Gasteiger partial charge in [0.2, 0.25) is 0 Å². The fraction of sp³-hybridized carbons (Fsp3) is 0.357. The third-order valence-electron chi connectivity index (χ3n) is 2.72. The zero-order valence-corrected chi connectivity index (χ0v) is 10.2. The molecule has 0 aliphatic heterocycles. The van der Waals surface area contributed by atoms with Crippen molar-refractivity contribution in [3.8, 4) is 0 Å². The Labute approximate surface area is 101 Å². The maximum absolute atomic E-state index is 11.3. The number of carbonyl (C=O) groups is 1. The topological polar surface area (TPSA) is 42.1 Å². The Morgan fingerprint density at radius 3 is 2.94 bits per heavy atom. The number of hydrogen-bond acceptors (Lipinski definition) is 2. The predicted octanol–water partition coefficient (Wildman–Crippen LogP) is 2.91. The molecule has 1 N–H and O–H groups in total. The Morgan fingerprint density at radius 1 is 1.35 bits per heavy atom. The second-order valence-corrected chi connectivity index (χ2v) is 4.47. The molecular weight excluding hydrogens is 214 g/mol. The van der Waals surface area contributed by atoms with Crippen LogP contribution in [0.4, 0.5) is 0 Å². The first-order valence-corrected chi connectivity index (χ1v) is 5.89. The summed E-state index contributed by atoms with van der Waals surface area (Å²) in [5, 5.41) is 1.19. The number of ether oxygens (including phenoxy) is 1. The summed E-state index contributed by atoms with van der Waals surface area (Å²) in [5.74, 6) is -0.185. The maximum atomic E-state index is 11.3. The molecule has 0 bridgehead atoms. The van der Waals surface area contributed by atoms with Crippen LogP contribution < -0.4 is 0 Å². The van der Waals surface area contributed by atoms with Gasteiger partial charge in [-0.2, -0.15) is 0 Å². The summed E-state index contributed by atoms with van der Waals surface area (Å²) >= 11 is 0. The van der Waals surface area contributed by atoms with Crippen LogP contribution in [0, 0.1) is 5.92 Å². The minimum Gasteiger partial charge on any atom is -0.465 e. The van der Waals surface area contributed by atoms with Crippen LogP contribution in [-0.4, -0.2) is 17.6 Å². The molecule has 0 fully saturated rings. The lowest BCUT2D eigenvalue weighted by Gasteiger charge is -2.07. The maximum Gasteiger partial charge on any atom is 0.308 e. The first kappa shape index (κ1) is 11.7. The lowest BCUT2D eigenvalue weighted by molar-refractivity contribution is -0.147. The number of nitrogens with one attached hydrogen (secondary N) is 1. The van der Waals surface area contributed by atoms with Crippen molar-refractivity contribution in [2.24, 2.45) is 5.92 Å². The summed E-state index contributed by atoms with van der Waals surface area (Å²) in [5.41, 5.74) is 2.32. The van der Waals surface area contributed by atoms with Crippen LogP contribution >= 0.6 is 0 Å². The van der Waals surface area contributed by atoms with E-state index in [0.29, 0.717) is 6.61 Å². The Kier molecular flexibility index (Phi) is 3.47. The lowest BCUT2D eigenvalue weighted by Crippen LogP contribution is -2.13. The Bertz CT molecular complexity index is 514. The molecule has 3 nitrogen and oxygen atoms in total. The number of benzene rings is 1. The number of fused-ring (bicyclic) bond motifs is 1. The number of carbonyl (C=O) groups excluding carboxylic acids is 1. The van der Waals surface area contributed by atoms with E-state index in [2.05, 4.69) is 23.2 Å². The van der Waals surface area contributed by atoms with Gasteiger partial charge in [-0.15, -0.1) is 0 Å². The van der Waals surface area contributed by atoms with Gasteiger partial charge >= 0.3 is 5.97 Å². The molecule has 1 heterocycles. The Balaban J connectivity index is 1.92. The highest BCUT2D eigenvalue weighted by molar-refractivity contribution is 5.79. The van der Waals surface area contributed by atoms with Gasteiger partial charge in [0.05, 0.1) is 12.5 Å². The standard InChI is InChI=1S/C14H17NO2/c1-10(2)14(16)17-8-6-11-3-4-13-12(9-11)5-7-15-13/h3-5,7,9-10,15H,6,8H2,1-2H3. The number of hydrogen-bond donors (Lipinski definition) is 1. The highest BCUT2D eigenvalue weighted by Crippen LogP contribution is 2.14. The van der Waals surface area contributed by atoms with Crippen LogP contribution in [0.2, 0.25) is 0 Å². The molecule has 0 aliphatic carbocycles. The summed E-state index contributed by atoms with van der Waals surface area (Å²) in [6, 6.07) is 8.27. The second-order valence-electron chi connectivity index (χ2n) is 4.47. The summed E-state index contributed by atoms with van der Waals surface area (Å²) in [7, 11) is 0. The van der Waals surface area contributed by atoms with Gasteiger partial charge in [-0.25, -0.2) is 0 Å². The molecule has 1 aromatic carbocycles. The Hall–Kier alpha value is -1.77. The predicted molar refractivity (Wildman–Crippen MR) is 67.8 cm³/mol. The van der Waals surface area contributed by atoms with E-state index in [1.807, 2.05) is 26.1 Å². The fourth-order valence-corrected chi connectivity index (χ4v) is 1.69. The fourth-order valence-electron chi connectivity index (χ4n) is 1.69. The van der Waals surface area contributed by atoms with Crippen LogP contribution in [-0.2, 0) is 16.0 Å². The minimum absolute atomic E-state index is 0.0536. The molecule has 3 heteroatoms. The molecule has 0 unspecified atom stereocenters. The van der Waals surface area contributed by atoms with E-state index in [0.717, 1.165) is 11.9 Å². The third kappa shape index (κ3) is 2.87. The molecule has 0 radical (unpaired) electrons. The largest absolute Gasteiger partial charge is 0.465 e. The van der Waals surface area contributed by atoms with Crippen LogP contribution in [0.1, 0.15) is 19.4 Å². The molecule has 17 heavy (non-hydrogen) atoms. The van der Waals surface area contributed by atoms with Gasteiger partial charge in [-0.05, 0) is 29.1 Å². The molecule has 1 aromatic heterocycles. The molecule has 0 saturated heterocycles. The summed E-state index contributed by atoms with van der Waals surface area (Å²) in [4.78, 5) is 14.4. The van der Waals surface area contributed by atoms with Gasteiger partial charge in [-0.1, -0.05) is 19.9 Å². The van der Waals surface area contributed by atoms with Crippen molar-refractivity contribution in [1.82, 2.24) is 4.98 Å². The van der Waals surface area contributed by atoms with Gasteiger partial charge in [-0.3, -0.25) is 4.79 Å². The highest BCUT2D eigenvalue weighted by Gasteiger charge is 2.07. The van der Waals surface area contributed by atoms with Crippen LogP contribution in [0.3, 0.4) is 0 Å². The van der Waals surface area contributed by atoms with Gasteiger partial charge in [0, 0.05) is 18.1 Å². The number of aromatic amines is 1. The van der Waals surface area contributed by atoms with Crippen molar-refractivity contribution in [3.05, 3.63) is 36.0 Å². The van der Waals surface area contributed by atoms with Gasteiger partial charge < -0.3 is 9.72 Å². The van der Waals surface area contributed by atoms with E-state index in [1.54, 1.807) is 0 Å². The molecule has 90 valence electrons. The van der Waals surface area contributed by atoms with Crippen molar-refractivity contribution in [3.63, 3.8) is 0 Å². The average molecular weight is 231 g/mol. The molecule has 0 saturated carbocycles. The summed E-state index contributed by atoms with van der Waals surface area (Å²) in [6.45, 7) is 4.13. The zero-order chi connectivity index (χ0) is 12.3. The molecule has 0 amide bonds. The molecule has 2 aromatic rings. The number of H-pyrrole nitrogens is 1. The molecule has 0 atom stereocenters. The number of esters is 1. The molecule has 0 aliphatic rings. The van der Waals surface area contributed by atoms with E-state index >= 15 is 0 Å². The Morgan fingerprint density at radius 2 is 2.18 bits per heavy atom. The second kappa shape index (κ2) is 5.04. The van der Waals surface area contributed by atoms with Crippen molar-refractivity contribution in [1.29, 1.82) is 0 Å². The summed E-state index contributed by atoms with van der Waals surface area (Å²) < 4.78 is 5.15. The zero-order valence-electron chi connectivity index (χ0n) is 10.2. The van der Waals surface area contributed by atoms with E-state index in [4.69, 9.17) is 4.74 Å². The van der Waals surface area contributed by atoms with Crippen molar-refractivity contribution >= 4 is 16.9 Å². The van der Waals surface area contributed by atoms with E-state index in [1.165, 1.54) is 10.9 Å². The SMILES string of the molecule is CC(C)C(=O)OCCc1ccc2[nH]ccc2c1. The van der Waals surface area contributed by atoms with E-state index in [9.17, 15) is 4.79 Å². The quantitative estimate of drug-likeness (QED) is 0.822. The van der Waals surface area contributed by atoms with Crippen LogP contribution in [0.25, 0.3) is 10.9 Å². The van der Waals surface area contributed by atoms with Gasteiger partial charge in [0.1, 0.15) is 0 Å². The summed E-state index contributed by atoms with van der Waals surface area (Å²) in [6.07, 6.45) is 2.69. The van der Waals surface area contributed by atoms with Crippen molar-refractivity contribution in [2.45, 2.75) is 20.3 Å². The number of aromatic nitrogens is 1. The monoisotopic (exact) mass is 231 g/mol. The first-order valence-electron chi connectivity index (χ1n) is 5.89. The van der Waals surface area contributed by atoms with Gasteiger partial charge in [0.25, 0.3) is 0 Å². The van der Waals surface area contributed by atoms with Crippen molar-refractivity contribution < 1.29 is 9.53 Å². The molecular formula is C14H17NO2. The molecule has 0 spiro atoms. The highest BCUT2D eigenvalue weighted by atomic mass is 16.5. The van der Waals surface area contributed by atoms with Gasteiger partial charge in [0.15, 0.2) is 0 Å². The minimum atomic E-state index is -0.132. The van der Waals surface area contributed by atoms with Crippen molar-refractivity contribution in [2.75, 3.05) is 6.61 Å². The molecule has 2 rings (SSSR count). The van der Waals surface area contributed by atoms with E-state index < -0.39 is 0 Å². The lowest BCUT2D eigenvalue weighted by atomic mass is 10.1. The third-order valence-corrected chi connectivity index (χ3v) is 2.72. The van der Waals surface area contributed by atoms with Crippen LogP contribution in [0.5, 0.6) is 0 Å². The number of rotatable bonds is 4.